The van der Waals surface area contributed by atoms with Crippen LogP contribution in [0.25, 0.3) is 0 Å². The van der Waals surface area contributed by atoms with E-state index in [1.54, 1.807) is 11.3 Å². The smallest absolute Gasteiger partial charge is 0.145 e. The largest absolute Gasteiger partial charge is 0.352 e. The molecule has 0 amide bonds. The second kappa shape index (κ2) is 7.21. The van der Waals surface area contributed by atoms with E-state index in [1.807, 2.05) is 6.07 Å². The van der Waals surface area contributed by atoms with Gasteiger partial charge in [0.2, 0.25) is 0 Å². The number of aromatic nitrogens is 2. The predicted molar refractivity (Wildman–Crippen MR) is 84.9 cm³/mol. The van der Waals surface area contributed by atoms with Crippen LogP contribution in [0.3, 0.4) is 0 Å². The number of aryl methyl sites for hydroxylation is 1. The summed E-state index contributed by atoms with van der Waals surface area (Å²) in [5.74, 6) is 7.93. The van der Waals surface area contributed by atoms with Crippen LogP contribution >= 0.6 is 11.3 Å². The normalized spacial score (nSPS) is 10.6. The van der Waals surface area contributed by atoms with Crippen molar-refractivity contribution in [2.24, 2.45) is 5.84 Å². The molecule has 0 fully saturated rings. The zero-order valence-electron chi connectivity index (χ0n) is 12.0. The highest BCUT2D eigenvalue weighted by molar-refractivity contribution is 7.09. The molecule has 0 atom stereocenters. The highest BCUT2D eigenvalue weighted by Crippen LogP contribution is 2.20. The Morgan fingerprint density at radius 3 is 2.80 bits per heavy atom. The molecule has 108 valence electrons. The lowest BCUT2D eigenvalue weighted by atomic mass is 10.3. The van der Waals surface area contributed by atoms with Gasteiger partial charge in [0.25, 0.3) is 0 Å². The fourth-order valence-electron chi connectivity index (χ4n) is 2.00. The Balaban J connectivity index is 2.25. The van der Waals surface area contributed by atoms with Crippen molar-refractivity contribution < 1.29 is 0 Å². The average molecular weight is 291 g/mol. The molecule has 2 heterocycles. The molecule has 6 heteroatoms. The molecule has 0 aliphatic carbocycles. The van der Waals surface area contributed by atoms with Crippen LogP contribution in [-0.2, 0) is 13.0 Å². The molecule has 2 aromatic rings. The van der Waals surface area contributed by atoms with E-state index in [2.05, 4.69) is 51.7 Å². The van der Waals surface area contributed by atoms with E-state index in [0.29, 0.717) is 5.82 Å². The van der Waals surface area contributed by atoms with Crippen molar-refractivity contribution in [1.82, 2.24) is 9.97 Å². The van der Waals surface area contributed by atoms with Crippen LogP contribution < -0.4 is 16.2 Å². The van der Waals surface area contributed by atoms with Gasteiger partial charge in [-0.15, -0.1) is 11.3 Å². The van der Waals surface area contributed by atoms with Gasteiger partial charge in [0.1, 0.15) is 17.5 Å². The molecule has 0 spiro atoms. The molecule has 5 nitrogen and oxygen atoms in total. The van der Waals surface area contributed by atoms with Crippen molar-refractivity contribution in [3.63, 3.8) is 0 Å². The number of rotatable bonds is 7. The first-order valence-electron chi connectivity index (χ1n) is 6.88. The van der Waals surface area contributed by atoms with Gasteiger partial charge in [0.05, 0.1) is 6.54 Å². The summed E-state index contributed by atoms with van der Waals surface area (Å²) in [4.78, 5) is 12.6. The molecule has 0 saturated carbocycles. The molecule has 0 bridgehead atoms. The fraction of sp³-hybridized carbons (Fsp3) is 0.429. The summed E-state index contributed by atoms with van der Waals surface area (Å²) in [5, 5.41) is 2.10. The second-order valence-corrected chi connectivity index (χ2v) is 5.55. The average Bonchev–Trinajstić information content (AvgIpc) is 2.97. The van der Waals surface area contributed by atoms with Crippen LogP contribution in [-0.4, -0.2) is 16.5 Å². The van der Waals surface area contributed by atoms with Crippen molar-refractivity contribution >= 4 is 23.0 Å². The molecule has 2 rings (SSSR count). The zero-order chi connectivity index (χ0) is 14.4. The molecule has 20 heavy (non-hydrogen) atoms. The summed E-state index contributed by atoms with van der Waals surface area (Å²) < 4.78 is 0. The Morgan fingerprint density at radius 1 is 1.35 bits per heavy atom. The standard InChI is InChI=1S/C14H21N5S/c1-3-6-12-16-13(18-15)9-14(17-12)19(4-2)10-11-7-5-8-20-11/h5,7-9H,3-4,6,10,15H2,1-2H3,(H,16,17,18). The van der Waals surface area contributed by atoms with Gasteiger partial charge in [-0.2, -0.15) is 0 Å². The van der Waals surface area contributed by atoms with Crippen LogP contribution in [0.4, 0.5) is 11.6 Å². The lowest BCUT2D eigenvalue weighted by Crippen LogP contribution is -2.24. The number of thiophene rings is 1. The summed E-state index contributed by atoms with van der Waals surface area (Å²) in [6.07, 6.45) is 1.88. The maximum absolute atomic E-state index is 5.50. The zero-order valence-corrected chi connectivity index (χ0v) is 12.8. The number of nitrogens with one attached hydrogen (secondary N) is 1. The van der Waals surface area contributed by atoms with E-state index in [-0.39, 0.29) is 0 Å². The maximum atomic E-state index is 5.50. The van der Waals surface area contributed by atoms with Gasteiger partial charge in [-0.3, -0.25) is 0 Å². The van der Waals surface area contributed by atoms with Gasteiger partial charge in [-0.1, -0.05) is 13.0 Å². The van der Waals surface area contributed by atoms with E-state index >= 15 is 0 Å². The number of anilines is 2. The van der Waals surface area contributed by atoms with Crippen LogP contribution in [0.15, 0.2) is 23.6 Å². The van der Waals surface area contributed by atoms with Crippen LogP contribution in [0.2, 0.25) is 0 Å². The summed E-state index contributed by atoms with van der Waals surface area (Å²) in [7, 11) is 0. The third-order valence-electron chi connectivity index (χ3n) is 3.01. The Hall–Kier alpha value is -1.66. The van der Waals surface area contributed by atoms with Gasteiger partial charge >= 0.3 is 0 Å². The second-order valence-electron chi connectivity index (χ2n) is 4.52. The molecule has 0 aliphatic heterocycles. The summed E-state index contributed by atoms with van der Waals surface area (Å²) in [6, 6.07) is 6.11. The number of hydrogen-bond donors (Lipinski definition) is 2. The number of nitrogens with two attached hydrogens (primary N) is 1. The highest BCUT2D eigenvalue weighted by Gasteiger charge is 2.11. The lowest BCUT2D eigenvalue weighted by molar-refractivity contribution is 0.785. The first kappa shape index (κ1) is 14.7. The SMILES string of the molecule is CCCc1nc(NN)cc(N(CC)Cc2cccs2)n1. The quantitative estimate of drug-likeness (QED) is 0.606. The van der Waals surface area contributed by atoms with Gasteiger partial charge in [-0.05, 0) is 24.8 Å². The van der Waals surface area contributed by atoms with Crippen LogP contribution in [0, 0.1) is 0 Å². The molecular weight excluding hydrogens is 270 g/mol. The number of hydrogen-bond acceptors (Lipinski definition) is 6. The lowest BCUT2D eigenvalue weighted by Gasteiger charge is -2.22. The maximum Gasteiger partial charge on any atom is 0.145 e. The van der Waals surface area contributed by atoms with Crippen molar-refractivity contribution in [2.75, 3.05) is 16.9 Å². The summed E-state index contributed by atoms with van der Waals surface area (Å²) in [5.41, 5.74) is 2.63. The summed E-state index contributed by atoms with van der Waals surface area (Å²) in [6.45, 7) is 6.00. The number of hydrazine groups is 1. The van der Waals surface area contributed by atoms with E-state index < -0.39 is 0 Å². The van der Waals surface area contributed by atoms with Crippen molar-refractivity contribution in [2.45, 2.75) is 33.2 Å². The first-order valence-corrected chi connectivity index (χ1v) is 7.76. The summed E-state index contributed by atoms with van der Waals surface area (Å²) >= 11 is 1.76. The van der Waals surface area contributed by atoms with E-state index in [1.165, 1.54) is 4.88 Å². The Kier molecular flexibility index (Phi) is 5.31. The molecule has 0 unspecified atom stereocenters. The van der Waals surface area contributed by atoms with E-state index in [9.17, 15) is 0 Å². The van der Waals surface area contributed by atoms with Crippen molar-refractivity contribution in [3.8, 4) is 0 Å². The Labute approximate surface area is 123 Å². The van der Waals surface area contributed by atoms with Gasteiger partial charge in [0, 0.05) is 23.9 Å². The minimum absolute atomic E-state index is 0.670. The molecule has 0 saturated heterocycles. The first-order chi connectivity index (χ1) is 9.76. The number of nitrogens with zero attached hydrogens (tertiary/aromatic N) is 3. The van der Waals surface area contributed by atoms with Crippen LogP contribution in [0.5, 0.6) is 0 Å². The number of nitrogen functional groups attached to an aromatic ring is 1. The molecule has 2 aromatic heterocycles. The van der Waals surface area contributed by atoms with Gasteiger partial charge < -0.3 is 10.3 Å². The van der Waals surface area contributed by atoms with Gasteiger partial charge in [0.15, 0.2) is 0 Å². The molecule has 3 N–H and O–H groups in total. The minimum Gasteiger partial charge on any atom is -0.352 e. The topological polar surface area (TPSA) is 67.1 Å². The van der Waals surface area contributed by atoms with Crippen molar-refractivity contribution in [3.05, 3.63) is 34.3 Å². The predicted octanol–water partition coefficient (Wildman–Crippen LogP) is 2.80. The Morgan fingerprint density at radius 2 is 2.20 bits per heavy atom. The van der Waals surface area contributed by atoms with E-state index in [0.717, 1.165) is 37.6 Å². The Bertz CT molecular complexity index is 526. The molecular formula is C14H21N5S. The molecule has 0 radical (unpaired) electrons. The molecule has 0 aliphatic rings. The highest BCUT2D eigenvalue weighted by atomic mass is 32.1. The monoisotopic (exact) mass is 291 g/mol. The third kappa shape index (κ3) is 3.68. The third-order valence-corrected chi connectivity index (χ3v) is 3.87. The fourth-order valence-corrected chi connectivity index (χ4v) is 2.72. The van der Waals surface area contributed by atoms with Crippen molar-refractivity contribution in [1.29, 1.82) is 0 Å². The van der Waals surface area contributed by atoms with Gasteiger partial charge in [-0.25, -0.2) is 15.8 Å². The minimum atomic E-state index is 0.670. The molecule has 0 aromatic carbocycles. The van der Waals surface area contributed by atoms with E-state index in [4.69, 9.17) is 5.84 Å². The van der Waals surface area contributed by atoms with Crippen LogP contribution in [0.1, 0.15) is 31.0 Å².